The van der Waals surface area contributed by atoms with Crippen LogP contribution >= 0.6 is 11.6 Å². The Morgan fingerprint density at radius 1 is 1.29 bits per heavy atom. The van der Waals surface area contributed by atoms with Gasteiger partial charge >= 0.3 is 0 Å². The number of rotatable bonds is 6. The molecule has 0 aliphatic carbocycles. The molecule has 0 bridgehead atoms. The van der Waals surface area contributed by atoms with E-state index in [1.165, 1.54) is 0 Å². The number of nitrogens with zero attached hydrogens (tertiary/aromatic N) is 2. The second kappa shape index (κ2) is 6.90. The van der Waals surface area contributed by atoms with Crippen molar-refractivity contribution in [1.29, 1.82) is 5.26 Å². The predicted octanol–water partition coefficient (Wildman–Crippen LogP) is 3.58. The molecule has 17 heavy (non-hydrogen) atoms. The molecule has 88 valence electrons. The van der Waals surface area contributed by atoms with Gasteiger partial charge in [0.2, 0.25) is 0 Å². The third-order valence-corrected chi connectivity index (χ3v) is 2.76. The minimum absolute atomic E-state index is 0.375. The van der Waals surface area contributed by atoms with E-state index in [0.29, 0.717) is 18.1 Å². The highest BCUT2D eigenvalue weighted by atomic mass is 35.5. The van der Waals surface area contributed by atoms with Crippen LogP contribution in [0.2, 0.25) is 5.02 Å². The highest BCUT2D eigenvalue weighted by Gasteiger charge is 2.19. The molecule has 0 heterocycles. The van der Waals surface area contributed by atoms with Crippen molar-refractivity contribution >= 4 is 11.6 Å². The maximum absolute atomic E-state index is 9.31. The summed E-state index contributed by atoms with van der Waals surface area (Å²) in [6.07, 6.45) is 3.54. The van der Waals surface area contributed by atoms with Gasteiger partial charge in [0.15, 0.2) is 0 Å². The van der Waals surface area contributed by atoms with E-state index in [0.717, 1.165) is 5.56 Å². The number of benzene rings is 1. The number of nitriles is 1. The van der Waals surface area contributed by atoms with Crippen LogP contribution in [-0.4, -0.2) is 18.0 Å². The Balaban J connectivity index is 3.04. The molecule has 1 aromatic rings. The topological polar surface area (TPSA) is 27.0 Å². The van der Waals surface area contributed by atoms with Crippen molar-refractivity contribution in [2.45, 2.75) is 6.04 Å². The summed E-state index contributed by atoms with van der Waals surface area (Å²) in [5.41, 5.74) is 0.820. The molecule has 0 aliphatic heterocycles. The lowest BCUT2D eigenvalue weighted by molar-refractivity contribution is 0.291. The van der Waals surface area contributed by atoms with E-state index in [1.54, 1.807) is 18.2 Å². The summed E-state index contributed by atoms with van der Waals surface area (Å²) in [4.78, 5) is 1.96. The van der Waals surface area contributed by atoms with Gasteiger partial charge in [0, 0.05) is 23.7 Å². The van der Waals surface area contributed by atoms with Crippen molar-refractivity contribution in [3.63, 3.8) is 0 Å². The molecule has 0 radical (unpaired) electrons. The van der Waals surface area contributed by atoms with E-state index < -0.39 is 0 Å². The summed E-state index contributed by atoms with van der Waals surface area (Å²) >= 11 is 6.11. The van der Waals surface area contributed by atoms with Crippen molar-refractivity contribution < 1.29 is 0 Å². The quantitative estimate of drug-likeness (QED) is 0.718. The van der Waals surface area contributed by atoms with Crippen molar-refractivity contribution in [2.24, 2.45) is 0 Å². The Kier molecular flexibility index (Phi) is 5.48. The molecule has 0 saturated carbocycles. The molecule has 0 N–H and O–H groups in total. The van der Waals surface area contributed by atoms with Gasteiger partial charge in [-0.25, -0.2) is 0 Å². The molecule has 0 aromatic heterocycles. The number of hydrogen-bond donors (Lipinski definition) is 0. The van der Waals surface area contributed by atoms with Crippen LogP contribution in [0.3, 0.4) is 0 Å². The van der Waals surface area contributed by atoms with Gasteiger partial charge in [-0.3, -0.25) is 4.90 Å². The lowest BCUT2D eigenvalue weighted by Gasteiger charge is -2.25. The molecular weight excluding hydrogens is 232 g/mol. The van der Waals surface area contributed by atoms with E-state index in [1.807, 2.05) is 23.1 Å². The third-order valence-electron chi connectivity index (χ3n) is 2.41. The van der Waals surface area contributed by atoms with Gasteiger partial charge in [-0.1, -0.05) is 42.0 Å². The zero-order valence-electron chi connectivity index (χ0n) is 9.64. The van der Waals surface area contributed by atoms with E-state index in [2.05, 4.69) is 19.2 Å². The maximum Gasteiger partial charge on any atom is 0.125 e. The minimum Gasteiger partial charge on any atom is -0.277 e. The normalized spacial score (nSPS) is 11.8. The summed E-state index contributed by atoms with van der Waals surface area (Å²) < 4.78 is 0. The van der Waals surface area contributed by atoms with Crippen LogP contribution in [0.5, 0.6) is 0 Å². The van der Waals surface area contributed by atoms with Gasteiger partial charge in [-0.2, -0.15) is 5.26 Å². The maximum atomic E-state index is 9.31. The van der Waals surface area contributed by atoms with Crippen LogP contribution in [0.25, 0.3) is 0 Å². The van der Waals surface area contributed by atoms with Crippen molar-refractivity contribution in [1.82, 2.24) is 4.90 Å². The molecule has 0 aliphatic rings. The van der Waals surface area contributed by atoms with Crippen molar-refractivity contribution in [3.8, 4) is 6.07 Å². The van der Waals surface area contributed by atoms with Crippen molar-refractivity contribution in [2.75, 3.05) is 13.1 Å². The van der Waals surface area contributed by atoms with Gasteiger partial charge in [-0.05, 0) is 6.07 Å². The first-order valence-corrected chi connectivity index (χ1v) is 5.72. The largest absolute Gasteiger partial charge is 0.277 e. The fraction of sp³-hybridized carbons (Fsp3) is 0.214. The first-order chi connectivity index (χ1) is 8.24. The average Bonchev–Trinajstić information content (AvgIpc) is 2.33. The monoisotopic (exact) mass is 246 g/mol. The zero-order chi connectivity index (χ0) is 12.7. The van der Waals surface area contributed by atoms with Crippen LogP contribution in [0, 0.1) is 11.3 Å². The summed E-state index contributed by atoms with van der Waals surface area (Å²) in [7, 11) is 0. The summed E-state index contributed by atoms with van der Waals surface area (Å²) in [5.74, 6) is 0. The van der Waals surface area contributed by atoms with Crippen LogP contribution in [0.15, 0.2) is 49.6 Å². The Labute approximate surface area is 107 Å². The zero-order valence-corrected chi connectivity index (χ0v) is 10.4. The molecule has 1 rings (SSSR count). The third kappa shape index (κ3) is 3.45. The van der Waals surface area contributed by atoms with Gasteiger partial charge in [0.1, 0.15) is 6.04 Å². The molecule has 0 spiro atoms. The van der Waals surface area contributed by atoms with Gasteiger partial charge in [0.25, 0.3) is 0 Å². The van der Waals surface area contributed by atoms with E-state index in [4.69, 9.17) is 11.6 Å². The number of halogens is 1. The molecule has 2 nitrogen and oxygen atoms in total. The van der Waals surface area contributed by atoms with Gasteiger partial charge < -0.3 is 0 Å². The van der Waals surface area contributed by atoms with Crippen LogP contribution in [-0.2, 0) is 0 Å². The molecular formula is C14H15ClN2. The fourth-order valence-electron chi connectivity index (χ4n) is 1.66. The summed E-state index contributed by atoms with van der Waals surface area (Å²) in [6, 6.07) is 9.30. The molecule has 1 aromatic carbocycles. The standard InChI is InChI=1S/C14H15ClN2/c1-3-9-17(10-4-2)14(11-16)12-7-5-6-8-13(12)15/h3-8,14H,1-2,9-10H2. The smallest absolute Gasteiger partial charge is 0.125 e. The molecule has 0 amide bonds. The lowest BCUT2D eigenvalue weighted by Crippen LogP contribution is -2.28. The average molecular weight is 247 g/mol. The van der Waals surface area contributed by atoms with Crippen LogP contribution in [0.4, 0.5) is 0 Å². The lowest BCUT2D eigenvalue weighted by atomic mass is 10.1. The van der Waals surface area contributed by atoms with Gasteiger partial charge in [-0.15, -0.1) is 13.2 Å². The summed E-state index contributed by atoms with van der Waals surface area (Å²) in [6.45, 7) is 8.64. The SMILES string of the molecule is C=CCN(CC=C)C(C#N)c1ccccc1Cl. The molecule has 3 heteroatoms. The second-order valence-corrected chi connectivity index (χ2v) is 3.99. The van der Waals surface area contributed by atoms with Crippen LogP contribution < -0.4 is 0 Å². The van der Waals surface area contributed by atoms with E-state index in [9.17, 15) is 5.26 Å². The van der Waals surface area contributed by atoms with E-state index >= 15 is 0 Å². The first kappa shape index (κ1) is 13.5. The molecule has 0 saturated heterocycles. The molecule has 1 unspecified atom stereocenters. The Morgan fingerprint density at radius 3 is 2.35 bits per heavy atom. The highest BCUT2D eigenvalue weighted by Crippen LogP contribution is 2.26. The number of hydrogen-bond acceptors (Lipinski definition) is 2. The van der Waals surface area contributed by atoms with Gasteiger partial charge in [0.05, 0.1) is 6.07 Å². The Hall–Kier alpha value is -1.56. The second-order valence-electron chi connectivity index (χ2n) is 3.58. The molecule has 1 atom stereocenters. The van der Waals surface area contributed by atoms with Crippen LogP contribution in [0.1, 0.15) is 11.6 Å². The predicted molar refractivity (Wildman–Crippen MR) is 71.8 cm³/mol. The first-order valence-electron chi connectivity index (χ1n) is 5.34. The Bertz CT molecular complexity index is 424. The minimum atomic E-state index is -0.375. The fourth-order valence-corrected chi connectivity index (χ4v) is 1.90. The summed E-state index contributed by atoms with van der Waals surface area (Å²) in [5, 5.41) is 9.92. The Morgan fingerprint density at radius 2 is 1.88 bits per heavy atom. The highest BCUT2D eigenvalue weighted by molar-refractivity contribution is 6.31. The van der Waals surface area contributed by atoms with Crippen molar-refractivity contribution in [3.05, 3.63) is 60.2 Å². The van der Waals surface area contributed by atoms with E-state index in [-0.39, 0.29) is 6.04 Å². The molecule has 0 fully saturated rings.